The van der Waals surface area contributed by atoms with Crippen LogP contribution in [0, 0.1) is 0 Å². The van der Waals surface area contributed by atoms with Gasteiger partial charge in [0.15, 0.2) is 6.10 Å². The third kappa shape index (κ3) is 65.1. The van der Waals surface area contributed by atoms with Gasteiger partial charge in [0.1, 0.15) is 13.2 Å². The largest absolute Gasteiger partial charge is 0.462 e. The number of carbonyl (C=O) groups excluding carboxylic acids is 3. The van der Waals surface area contributed by atoms with Gasteiger partial charge in [-0.25, -0.2) is 0 Å². The average Bonchev–Trinajstić information content (AvgIpc) is 3.46. The zero-order valence-electron chi connectivity index (χ0n) is 52.8. The van der Waals surface area contributed by atoms with Gasteiger partial charge in [-0.1, -0.05) is 311 Å². The highest BCUT2D eigenvalue weighted by Gasteiger charge is 2.19. The van der Waals surface area contributed by atoms with Crippen molar-refractivity contribution in [1.29, 1.82) is 0 Å². The number of ether oxygens (including phenoxy) is 3. The van der Waals surface area contributed by atoms with Crippen molar-refractivity contribution >= 4 is 17.9 Å². The van der Waals surface area contributed by atoms with Gasteiger partial charge >= 0.3 is 17.9 Å². The summed E-state index contributed by atoms with van der Waals surface area (Å²) in [5.74, 6) is -0.869. The highest BCUT2D eigenvalue weighted by molar-refractivity contribution is 5.71. The van der Waals surface area contributed by atoms with Gasteiger partial charge < -0.3 is 14.2 Å². The van der Waals surface area contributed by atoms with Crippen LogP contribution in [0.2, 0.25) is 0 Å². The number of hydrogen-bond donors (Lipinski definition) is 0. The first-order chi connectivity index (χ1) is 39.5. The summed E-state index contributed by atoms with van der Waals surface area (Å²) in [7, 11) is 0. The molecule has 6 nitrogen and oxygen atoms in total. The minimum absolute atomic E-state index is 0.0744. The second-order valence-corrected chi connectivity index (χ2v) is 22.7. The molecule has 460 valence electrons. The van der Waals surface area contributed by atoms with Crippen molar-refractivity contribution in [2.75, 3.05) is 13.2 Å². The zero-order chi connectivity index (χ0) is 57.8. The van der Waals surface area contributed by atoms with Gasteiger partial charge in [-0.05, 0) is 103 Å². The van der Waals surface area contributed by atoms with E-state index in [1.54, 1.807) is 0 Å². The molecule has 0 aromatic carbocycles. The maximum atomic E-state index is 12.9. The van der Waals surface area contributed by atoms with Crippen molar-refractivity contribution in [3.8, 4) is 0 Å². The maximum absolute atomic E-state index is 12.9. The molecular weight excluding hydrogens is 985 g/mol. The van der Waals surface area contributed by atoms with E-state index in [0.717, 1.165) is 103 Å². The number of rotatable bonds is 62. The Morgan fingerprint density at radius 2 is 0.487 bits per heavy atom. The van der Waals surface area contributed by atoms with Crippen molar-refractivity contribution in [3.63, 3.8) is 0 Å². The Labute approximate surface area is 496 Å². The molecule has 0 rings (SSSR count). The predicted octanol–water partition coefficient (Wildman–Crippen LogP) is 23.6. The monoisotopic (exact) mass is 1110 g/mol. The molecule has 80 heavy (non-hydrogen) atoms. The summed E-state index contributed by atoms with van der Waals surface area (Å²) in [6.45, 7) is 6.50. The number of allylic oxidation sites excluding steroid dienone is 16. The van der Waals surface area contributed by atoms with E-state index in [4.69, 9.17) is 14.2 Å². The molecule has 0 amide bonds. The van der Waals surface area contributed by atoms with Crippen molar-refractivity contribution in [2.24, 2.45) is 0 Å². The van der Waals surface area contributed by atoms with Crippen LogP contribution in [0.4, 0.5) is 0 Å². The average molecular weight is 1110 g/mol. The van der Waals surface area contributed by atoms with Gasteiger partial charge in [-0.3, -0.25) is 14.4 Å². The smallest absolute Gasteiger partial charge is 0.306 e. The molecule has 0 bridgehead atoms. The lowest BCUT2D eigenvalue weighted by molar-refractivity contribution is -0.167. The minimum Gasteiger partial charge on any atom is -0.462 e. The van der Waals surface area contributed by atoms with E-state index >= 15 is 0 Å². The predicted molar refractivity (Wildman–Crippen MR) is 348 cm³/mol. The summed E-state index contributed by atoms with van der Waals surface area (Å²) < 4.78 is 16.9. The molecule has 1 unspecified atom stereocenters. The van der Waals surface area contributed by atoms with E-state index in [1.165, 1.54) is 193 Å². The normalized spacial score (nSPS) is 12.7. The molecule has 0 saturated carbocycles. The molecule has 0 spiro atoms. The molecule has 0 aliphatic rings. The molecule has 0 radical (unpaired) electrons. The van der Waals surface area contributed by atoms with Crippen molar-refractivity contribution < 1.29 is 28.6 Å². The molecule has 0 aromatic heterocycles. The van der Waals surface area contributed by atoms with E-state index in [0.29, 0.717) is 19.3 Å². The first-order valence-electron chi connectivity index (χ1n) is 34.2. The summed E-state index contributed by atoms with van der Waals surface area (Å²) in [6.07, 6.45) is 91.6. The second kappa shape index (κ2) is 67.8. The number of hydrogen-bond acceptors (Lipinski definition) is 6. The highest BCUT2D eigenvalue weighted by atomic mass is 16.6. The number of unbranched alkanes of at least 4 members (excludes halogenated alkanes) is 35. The summed E-state index contributed by atoms with van der Waals surface area (Å²) >= 11 is 0. The molecule has 0 aliphatic carbocycles. The van der Waals surface area contributed by atoms with Crippen LogP contribution in [-0.4, -0.2) is 37.2 Å². The SMILES string of the molecule is CC/C=C\C/C=C\C/C=C\C/C=C\C/C=C\C/C=C\CCCCCCCCCCCCCCCCCCC(=O)OCC(COC(=O)CCCCCCCCCC)OC(=O)CCCCCCCCCCC/C=C\C/C=C\CCCCC. The van der Waals surface area contributed by atoms with Crippen LogP contribution in [-0.2, 0) is 28.6 Å². The quantitative estimate of drug-likeness (QED) is 0.0261. The van der Waals surface area contributed by atoms with Crippen molar-refractivity contribution in [3.05, 3.63) is 97.2 Å². The van der Waals surface area contributed by atoms with Crippen molar-refractivity contribution in [1.82, 2.24) is 0 Å². The number of esters is 3. The molecule has 0 fully saturated rings. The van der Waals surface area contributed by atoms with E-state index in [1.807, 2.05) is 0 Å². The van der Waals surface area contributed by atoms with Crippen LogP contribution in [0.25, 0.3) is 0 Å². The van der Waals surface area contributed by atoms with Crippen LogP contribution in [0.1, 0.15) is 335 Å². The van der Waals surface area contributed by atoms with Gasteiger partial charge in [0.25, 0.3) is 0 Å². The summed E-state index contributed by atoms with van der Waals surface area (Å²) in [6, 6.07) is 0. The van der Waals surface area contributed by atoms with Crippen LogP contribution in [0.15, 0.2) is 97.2 Å². The third-order valence-corrected chi connectivity index (χ3v) is 14.8. The lowest BCUT2D eigenvalue weighted by atomic mass is 10.0. The summed E-state index contributed by atoms with van der Waals surface area (Å²) in [4.78, 5) is 38.2. The first kappa shape index (κ1) is 76.3. The number of carbonyl (C=O) groups is 3. The Kier molecular flexibility index (Phi) is 64.7. The summed E-state index contributed by atoms with van der Waals surface area (Å²) in [5.41, 5.74) is 0. The van der Waals surface area contributed by atoms with Gasteiger partial charge in [0.05, 0.1) is 0 Å². The third-order valence-electron chi connectivity index (χ3n) is 14.8. The van der Waals surface area contributed by atoms with Gasteiger partial charge in [-0.15, -0.1) is 0 Å². The van der Waals surface area contributed by atoms with E-state index in [9.17, 15) is 14.4 Å². The lowest BCUT2D eigenvalue weighted by Crippen LogP contribution is -2.30. The first-order valence-corrected chi connectivity index (χ1v) is 34.2. The molecule has 6 heteroatoms. The Balaban J connectivity index is 4.06. The fourth-order valence-corrected chi connectivity index (χ4v) is 9.71. The van der Waals surface area contributed by atoms with Crippen LogP contribution >= 0.6 is 0 Å². The van der Waals surface area contributed by atoms with Gasteiger partial charge in [-0.2, -0.15) is 0 Å². The Morgan fingerprint density at radius 1 is 0.263 bits per heavy atom. The van der Waals surface area contributed by atoms with Crippen molar-refractivity contribution in [2.45, 2.75) is 341 Å². The molecular formula is C74H128O6. The molecule has 0 N–H and O–H groups in total. The molecule has 0 aliphatic heterocycles. The minimum atomic E-state index is -0.776. The van der Waals surface area contributed by atoms with Gasteiger partial charge in [0.2, 0.25) is 0 Å². The fraction of sp³-hybridized carbons (Fsp3) is 0.743. The molecule has 1 atom stereocenters. The maximum Gasteiger partial charge on any atom is 0.306 e. The Bertz CT molecular complexity index is 1560. The topological polar surface area (TPSA) is 78.9 Å². The lowest BCUT2D eigenvalue weighted by Gasteiger charge is -2.18. The van der Waals surface area contributed by atoms with Gasteiger partial charge in [0, 0.05) is 19.3 Å². The Morgan fingerprint density at radius 3 is 0.787 bits per heavy atom. The van der Waals surface area contributed by atoms with E-state index < -0.39 is 6.10 Å². The Hall–Kier alpha value is -3.67. The summed E-state index contributed by atoms with van der Waals surface area (Å²) in [5, 5.41) is 0. The fourth-order valence-electron chi connectivity index (χ4n) is 9.71. The molecule has 0 saturated heterocycles. The molecule has 0 aromatic rings. The highest BCUT2D eigenvalue weighted by Crippen LogP contribution is 2.17. The standard InChI is InChI=1S/C74H128O6/c1-4-7-10-13-16-19-21-23-25-27-29-30-31-32-33-34-35-36-37-38-39-40-41-42-43-44-46-47-49-51-53-55-58-61-64-67-73(76)79-70-71(69-78-72(75)66-63-60-57-18-15-12-9-6-3)80-74(77)68-65-62-59-56-54-52-50-48-45-28-26-24-22-20-17-14-11-8-5-2/h7,10,16-17,19-20,23-26,29-30,32-33,35-36,71H,4-6,8-9,11-15,18,21-22,27-28,31,34,37-70H2,1-3H3/b10-7-,19-16-,20-17-,25-23-,26-24-,30-29-,33-32-,36-35-. The van der Waals surface area contributed by atoms with Crippen LogP contribution < -0.4 is 0 Å². The zero-order valence-corrected chi connectivity index (χ0v) is 52.8. The molecule has 0 heterocycles. The van der Waals surface area contributed by atoms with E-state index in [-0.39, 0.29) is 31.1 Å². The van der Waals surface area contributed by atoms with E-state index in [2.05, 4.69) is 118 Å². The van der Waals surface area contributed by atoms with Crippen LogP contribution in [0.3, 0.4) is 0 Å². The van der Waals surface area contributed by atoms with Crippen LogP contribution in [0.5, 0.6) is 0 Å². The second-order valence-electron chi connectivity index (χ2n) is 22.7.